The molecule has 0 atom stereocenters. The minimum atomic E-state index is -0.0583. The zero-order chi connectivity index (χ0) is 14.4. The van der Waals surface area contributed by atoms with Gasteiger partial charge in [0.2, 0.25) is 0 Å². The zero-order valence-corrected chi connectivity index (χ0v) is 11.3. The van der Waals surface area contributed by atoms with E-state index in [1.165, 1.54) is 5.56 Å². The molecule has 0 N–H and O–H groups in total. The van der Waals surface area contributed by atoms with Gasteiger partial charge >= 0.3 is 0 Å². The Morgan fingerprint density at radius 2 is 1.75 bits per heavy atom. The molecule has 0 unspecified atom stereocenters. The highest BCUT2D eigenvalue weighted by Gasteiger charge is 2.06. The van der Waals surface area contributed by atoms with Crippen molar-refractivity contribution in [1.29, 1.82) is 5.26 Å². The van der Waals surface area contributed by atoms with Gasteiger partial charge in [-0.2, -0.15) is 5.26 Å². The summed E-state index contributed by atoms with van der Waals surface area (Å²) in [5.74, 6) is 0.527. The second kappa shape index (κ2) is 6.53. The van der Waals surface area contributed by atoms with Gasteiger partial charge in [0, 0.05) is 5.56 Å². The highest BCUT2D eigenvalue weighted by Crippen LogP contribution is 2.12. The maximum absolute atomic E-state index is 12.0. The van der Waals surface area contributed by atoms with Crippen molar-refractivity contribution in [3.05, 3.63) is 65.2 Å². The standard InChI is InChI=1S/C17H15NO2/c1-2-13-3-7-15(8-4-13)17(19)12-20-16-9-5-14(11-18)6-10-16/h3-10H,2,12H2,1H3. The maximum Gasteiger partial charge on any atom is 0.200 e. The lowest BCUT2D eigenvalue weighted by Gasteiger charge is -2.06. The van der Waals surface area contributed by atoms with E-state index < -0.39 is 0 Å². The van der Waals surface area contributed by atoms with Crippen molar-refractivity contribution in [2.45, 2.75) is 13.3 Å². The molecule has 2 rings (SSSR count). The molecule has 2 aromatic rings. The van der Waals surface area contributed by atoms with E-state index in [2.05, 4.69) is 6.92 Å². The fourth-order valence-corrected chi connectivity index (χ4v) is 1.78. The minimum absolute atomic E-state index is 0.00261. The van der Waals surface area contributed by atoms with Crippen molar-refractivity contribution < 1.29 is 9.53 Å². The molecule has 0 aromatic heterocycles. The molecule has 0 saturated carbocycles. The SMILES string of the molecule is CCc1ccc(C(=O)COc2ccc(C#N)cc2)cc1. The molecular formula is C17H15NO2. The zero-order valence-electron chi connectivity index (χ0n) is 11.3. The number of carbonyl (C=O) groups excluding carboxylic acids is 1. The largest absolute Gasteiger partial charge is 0.485 e. The van der Waals surface area contributed by atoms with Gasteiger partial charge < -0.3 is 4.74 Å². The summed E-state index contributed by atoms with van der Waals surface area (Å²) in [7, 11) is 0. The van der Waals surface area contributed by atoms with Crippen molar-refractivity contribution in [3.63, 3.8) is 0 Å². The van der Waals surface area contributed by atoms with Crippen LogP contribution in [0.3, 0.4) is 0 Å². The molecule has 100 valence electrons. The van der Waals surface area contributed by atoms with Crippen LogP contribution in [0.4, 0.5) is 0 Å². The molecule has 0 aliphatic heterocycles. The molecule has 0 bridgehead atoms. The summed E-state index contributed by atoms with van der Waals surface area (Å²) in [5.41, 5.74) is 2.42. The lowest BCUT2D eigenvalue weighted by Crippen LogP contribution is -2.11. The topological polar surface area (TPSA) is 50.1 Å². The highest BCUT2D eigenvalue weighted by molar-refractivity contribution is 5.97. The van der Waals surface area contributed by atoms with Gasteiger partial charge in [-0.15, -0.1) is 0 Å². The number of nitriles is 1. The number of hydrogen-bond acceptors (Lipinski definition) is 3. The summed E-state index contributed by atoms with van der Waals surface area (Å²) in [6.45, 7) is 2.07. The summed E-state index contributed by atoms with van der Waals surface area (Å²) in [4.78, 5) is 12.0. The second-order valence-electron chi connectivity index (χ2n) is 4.40. The van der Waals surface area contributed by atoms with Crippen LogP contribution < -0.4 is 4.74 Å². The van der Waals surface area contributed by atoms with Crippen molar-refractivity contribution >= 4 is 5.78 Å². The van der Waals surface area contributed by atoms with E-state index in [1.54, 1.807) is 24.3 Å². The van der Waals surface area contributed by atoms with Crippen LogP contribution in [-0.2, 0) is 6.42 Å². The molecule has 3 heteroatoms. The average Bonchev–Trinajstić information content (AvgIpc) is 2.53. The van der Waals surface area contributed by atoms with E-state index in [-0.39, 0.29) is 12.4 Å². The smallest absolute Gasteiger partial charge is 0.200 e. The first kappa shape index (κ1) is 13.8. The molecule has 0 fully saturated rings. The van der Waals surface area contributed by atoms with Crippen molar-refractivity contribution in [3.8, 4) is 11.8 Å². The van der Waals surface area contributed by atoms with Gasteiger partial charge in [0.05, 0.1) is 11.6 Å². The number of ketones is 1. The van der Waals surface area contributed by atoms with Crippen LogP contribution in [0.2, 0.25) is 0 Å². The quantitative estimate of drug-likeness (QED) is 0.779. The lowest BCUT2D eigenvalue weighted by molar-refractivity contribution is 0.0921. The molecule has 0 saturated heterocycles. The van der Waals surface area contributed by atoms with Gasteiger partial charge in [-0.25, -0.2) is 0 Å². The molecule has 0 heterocycles. The summed E-state index contributed by atoms with van der Waals surface area (Å²) in [6, 6.07) is 16.3. The predicted octanol–water partition coefficient (Wildman–Crippen LogP) is 3.38. The number of nitrogens with zero attached hydrogens (tertiary/aromatic N) is 1. The van der Waals surface area contributed by atoms with E-state index in [9.17, 15) is 4.79 Å². The number of aryl methyl sites for hydroxylation is 1. The monoisotopic (exact) mass is 265 g/mol. The minimum Gasteiger partial charge on any atom is -0.485 e. The van der Waals surface area contributed by atoms with Gasteiger partial charge in [-0.3, -0.25) is 4.79 Å². The Kier molecular flexibility index (Phi) is 4.52. The number of ether oxygens (including phenoxy) is 1. The number of hydrogen-bond donors (Lipinski definition) is 0. The number of rotatable bonds is 5. The first-order valence-corrected chi connectivity index (χ1v) is 6.48. The van der Waals surface area contributed by atoms with Crippen LogP contribution in [0.5, 0.6) is 5.75 Å². The Bertz CT molecular complexity index is 622. The van der Waals surface area contributed by atoms with E-state index >= 15 is 0 Å². The third-order valence-electron chi connectivity index (χ3n) is 3.04. The molecule has 0 radical (unpaired) electrons. The highest BCUT2D eigenvalue weighted by atomic mass is 16.5. The van der Waals surface area contributed by atoms with Crippen molar-refractivity contribution in [1.82, 2.24) is 0 Å². The fourth-order valence-electron chi connectivity index (χ4n) is 1.78. The fraction of sp³-hybridized carbons (Fsp3) is 0.176. The van der Waals surface area contributed by atoms with Gasteiger partial charge in [-0.1, -0.05) is 31.2 Å². The lowest BCUT2D eigenvalue weighted by atomic mass is 10.1. The first-order valence-electron chi connectivity index (χ1n) is 6.48. The van der Waals surface area contributed by atoms with Crippen LogP contribution >= 0.6 is 0 Å². The number of Topliss-reactive ketones (excluding diaryl/α,β-unsaturated/α-hetero) is 1. The van der Waals surface area contributed by atoms with Crippen LogP contribution in [0, 0.1) is 11.3 Å². The summed E-state index contributed by atoms with van der Waals surface area (Å²) >= 11 is 0. The molecular weight excluding hydrogens is 250 g/mol. The first-order chi connectivity index (χ1) is 9.72. The van der Waals surface area contributed by atoms with Crippen LogP contribution in [0.25, 0.3) is 0 Å². The van der Waals surface area contributed by atoms with Crippen LogP contribution in [0.15, 0.2) is 48.5 Å². The number of benzene rings is 2. The molecule has 20 heavy (non-hydrogen) atoms. The Morgan fingerprint density at radius 1 is 1.10 bits per heavy atom. The van der Waals surface area contributed by atoms with E-state index in [0.29, 0.717) is 16.9 Å². The Hall–Kier alpha value is -2.60. The van der Waals surface area contributed by atoms with Crippen LogP contribution in [-0.4, -0.2) is 12.4 Å². The Labute approximate surface area is 118 Å². The maximum atomic E-state index is 12.0. The van der Waals surface area contributed by atoms with Crippen molar-refractivity contribution in [2.24, 2.45) is 0 Å². The third kappa shape index (κ3) is 3.46. The molecule has 0 aliphatic rings. The van der Waals surface area contributed by atoms with Gasteiger partial charge in [0.25, 0.3) is 0 Å². The normalized spacial score (nSPS) is 9.80. The molecule has 0 spiro atoms. The summed E-state index contributed by atoms with van der Waals surface area (Å²) in [6.07, 6.45) is 0.955. The van der Waals surface area contributed by atoms with Gasteiger partial charge in [0.1, 0.15) is 5.75 Å². The predicted molar refractivity (Wildman–Crippen MR) is 76.8 cm³/mol. The second-order valence-corrected chi connectivity index (χ2v) is 4.40. The summed E-state index contributed by atoms with van der Waals surface area (Å²) < 4.78 is 5.42. The molecule has 0 amide bonds. The average molecular weight is 265 g/mol. The summed E-state index contributed by atoms with van der Waals surface area (Å²) in [5, 5.41) is 8.69. The van der Waals surface area contributed by atoms with Crippen LogP contribution in [0.1, 0.15) is 28.4 Å². The molecule has 0 aliphatic carbocycles. The molecule has 3 nitrogen and oxygen atoms in total. The van der Waals surface area contributed by atoms with Crippen molar-refractivity contribution in [2.75, 3.05) is 6.61 Å². The Balaban J connectivity index is 1.95. The Morgan fingerprint density at radius 3 is 2.30 bits per heavy atom. The van der Waals surface area contributed by atoms with Gasteiger partial charge in [0.15, 0.2) is 12.4 Å². The molecule has 2 aromatic carbocycles. The van der Waals surface area contributed by atoms with E-state index in [4.69, 9.17) is 10.00 Å². The third-order valence-corrected chi connectivity index (χ3v) is 3.04. The number of carbonyl (C=O) groups is 1. The van der Waals surface area contributed by atoms with E-state index in [0.717, 1.165) is 6.42 Å². The van der Waals surface area contributed by atoms with Gasteiger partial charge in [-0.05, 0) is 36.2 Å². The van der Waals surface area contributed by atoms with E-state index in [1.807, 2.05) is 30.3 Å².